The number of hydrogen-bond acceptors (Lipinski definition) is 7. The van der Waals surface area contributed by atoms with Gasteiger partial charge in [-0.15, -0.1) is 10.2 Å². The molecule has 11 heteroatoms. The minimum absolute atomic E-state index is 0.00483. The number of ether oxygens (including phenoxy) is 1. The number of amides is 1. The van der Waals surface area contributed by atoms with Gasteiger partial charge in [0.15, 0.2) is 11.4 Å². The number of carbonyl (C=O) groups is 2. The summed E-state index contributed by atoms with van der Waals surface area (Å²) in [5.41, 5.74) is 0.412. The number of hydrogen-bond donors (Lipinski definition) is 4. The zero-order valence-electron chi connectivity index (χ0n) is 19.1. The summed E-state index contributed by atoms with van der Waals surface area (Å²) in [6.45, 7) is 6.93. The van der Waals surface area contributed by atoms with Gasteiger partial charge in [-0.25, -0.2) is 9.48 Å². The highest BCUT2D eigenvalue weighted by Crippen LogP contribution is 2.38. The SMILES string of the molecule is Cc1[nH]n(CC(=O)NC(C)(C)C)c(=O)c1N=Nc1cccc(-c2cccc(OC(=O)O)c2)c1O. The molecule has 4 N–H and O–H groups in total. The van der Waals surface area contributed by atoms with Crippen LogP contribution in [0.25, 0.3) is 11.1 Å². The van der Waals surface area contributed by atoms with E-state index in [2.05, 4.69) is 25.4 Å². The van der Waals surface area contributed by atoms with Gasteiger partial charge >= 0.3 is 6.16 Å². The first-order chi connectivity index (χ1) is 15.9. The Bertz CT molecular complexity index is 1320. The number of aromatic amines is 1. The number of carboxylic acid groups (broad SMARTS) is 1. The van der Waals surface area contributed by atoms with Gasteiger partial charge in [-0.1, -0.05) is 24.3 Å². The summed E-state index contributed by atoms with van der Waals surface area (Å²) >= 11 is 0. The van der Waals surface area contributed by atoms with E-state index in [1.165, 1.54) is 18.2 Å². The van der Waals surface area contributed by atoms with Crippen LogP contribution in [0.2, 0.25) is 0 Å². The standard InChI is InChI=1S/C23H25N5O6/c1-13-19(21(31)28(27-13)12-18(29)24-23(2,3)4)26-25-17-10-6-9-16(20(17)30)14-7-5-8-15(11-14)34-22(32)33/h5-11,27,30H,12H2,1-4H3,(H,24,29)(H,32,33). The van der Waals surface area contributed by atoms with Gasteiger partial charge in [0.1, 0.15) is 18.0 Å². The number of carbonyl (C=O) groups excluding carboxylic acids is 1. The molecule has 3 aromatic rings. The maximum absolute atomic E-state index is 12.7. The summed E-state index contributed by atoms with van der Waals surface area (Å²) in [7, 11) is 0. The fourth-order valence-corrected chi connectivity index (χ4v) is 3.20. The van der Waals surface area contributed by atoms with Crippen LogP contribution in [0, 0.1) is 6.92 Å². The predicted octanol–water partition coefficient (Wildman–Crippen LogP) is 4.24. The molecule has 1 aromatic heterocycles. The van der Waals surface area contributed by atoms with E-state index in [1.54, 1.807) is 31.2 Å². The second kappa shape index (κ2) is 9.61. The van der Waals surface area contributed by atoms with Crippen LogP contribution in [0.15, 0.2) is 57.5 Å². The number of phenols is 1. The van der Waals surface area contributed by atoms with Crippen LogP contribution in [0.3, 0.4) is 0 Å². The van der Waals surface area contributed by atoms with Crippen LogP contribution in [-0.2, 0) is 11.3 Å². The van der Waals surface area contributed by atoms with Gasteiger partial charge in [-0.3, -0.25) is 14.7 Å². The fourth-order valence-electron chi connectivity index (χ4n) is 3.20. The molecule has 0 fully saturated rings. The lowest BCUT2D eigenvalue weighted by Gasteiger charge is -2.20. The molecule has 0 atom stereocenters. The predicted molar refractivity (Wildman–Crippen MR) is 124 cm³/mol. The Morgan fingerprint density at radius 1 is 1.15 bits per heavy atom. The highest BCUT2D eigenvalue weighted by atomic mass is 16.7. The van der Waals surface area contributed by atoms with Gasteiger partial charge in [0.05, 0.1) is 5.69 Å². The van der Waals surface area contributed by atoms with Crippen molar-refractivity contribution in [1.82, 2.24) is 15.1 Å². The minimum atomic E-state index is -1.45. The van der Waals surface area contributed by atoms with Crippen molar-refractivity contribution in [3.8, 4) is 22.6 Å². The van der Waals surface area contributed by atoms with Crippen molar-refractivity contribution < 1.29 is 24.5 Å². The summed E-state index contributed by atoms with van der Waals surface area (Å²) < 4.78 is 5.79. The number of phenolic OH excluding ortho intramolecular Hbond substituents is 1. The van der Waals surface area contributed by atoms with E-state index in [4.69, 9.17) is 5.11 Å². The smallest absolute Gasteiger partial charge is 0.505 e. The molecule has 0 aliphatic heterocycles. The lowest BCUT2D eigenvalue weighted by atomic mass is 10.0. The topological polar surface area (TPSA) is 158 Å². The van der Waals surface area contributed by atoms with Gasteiger partial charge in [0.25, 0.3) is 5.56 Å². The van der Waals surface area contributed by atoms with Crippen molar-refractivity contribution in [2.24, 2.45) is 10.2 Å². The Morgan fingerprint density at radius 3 is 2.53 bits per heavy atom. The Balaban J connectivity index is 1.87. The van der Waals surface area contributed by atoms with E-state index in [1.807, 2.05) is 20.8 Å². The van der Waals surface area contributed by atoms with Crippen LogP contribution >= 0.6 is 0 Å². The average molecular weight is 467 g/mol. The molecular weight excluding hydrogens is 442 g/mol. The van der Waals surface area contributed by atoms with Crippen LogP contribution in [-0.4, -0.2) is 37.6 Å². The number of aryl methyl sites for hydroxylation is 1. The Labute approximate surface area is 194 Å². The number of aromatic nitrogens is 2. The molecule has 0 unspecified atom stereocenters. The molecule has 2 aromatic carbocycles. The third kappa shape index (κ3) is 5.88. The number of aromatic hydroxyl groups is 1. The van der Waals surface area contributed by atoms with E-state index in [0.29, 0.717) is 16.8 Å². The number of para-hydroxylation sites is 1. The molecule has 0 radical (unpaired) electrons. The maximum Gasteiger partial charge on any atom is 0.511 e. The normalized spacial score (nSPS) is 11.5. The number of nitrogens with one attached hydrogen (secondary N) is 2. The second-order valence-electron chi connectivity index (χ2n) is 8.54. The third-order valence-corrected chi connectivity index (χ3v) is 4.54. The molecule has 11 nitrogen and oxygen atoms in total. The van der Waals surface area contributed by atoms with Gasteiger partial charge in [-0.05, 0) is 51.5 Å². The molecule has 0 spiro atoms. The number of azo groups is 1. The highest BCUT2D eigenvalue weighted by molar-refractivity contribution is 5.78. The zero-order chi connectivity index (χ0) is 25.0. The lowest BCUT2D eigenvalue weighted by Crippen LogP contribution is -2.43. The summed E-state index contributed by atoms with van der Waals surface area (Å²) in [5, 5.41) is 33.1. The number of rotatable bonds is 6. The quantitative estimate of drug-likeness (QED) is 0.241. The average Bonchev–Trinajstić information content (AvgIpc) is 2.98. The first kappa shape index (κ1) is 24.2. The molecule has 0 aliphatic rings. The first-order valence-corrected chi connectivity index (χ1v) is 10.3. The molecule has 0 bridgehead atoms. The summed E-state index contributed by atoms with van der Waals surface area (Å²) in [6.07, 6.45) is -1.45. The second-order valence-corrected chi connectivity index (χ2v) is 8.54. The lowest BCUT2D eigenvalue weighted by molar-refractivity contribution is -0.123. The number of nitrogens with zero attached hydrogens (tertiary/aromatic N) is 3. The van der Waals surface area contributed by atoms with Crippen molar-refractivity contribution in [2.75, 3.05) is 0 Å². The maximum atomic E-state index is 12.7. The zero-order valence-corrected chi connectivity index (χ0v) is 19.1. The van der Waals surface area contributed by atoms with Gasteiger partial charge in [-0.2, -0.15) is 0 Å². The third-order valence-electron chi connectivity index (χ3n) is 4.54. The molecule has 0 aliphatic carbocycles. The van der Waals surface area contributed by atoms with E-state index in [0.717, 1.165) is 4.68 Å². The molecular formula is C23H25N5O6. The van der Waals surface area contributed by atoms with E-state index in [9.17, 15) is 19.5 Å². The van der Waals surface area contributed by atoms with Crippen molar-refractivity contribution >= 4 is 23.4 Å². The Kier molecular flexibility index (Phi) is 6.85. The number of H-pyrrole nitrogens is 1. The van der Waals surface area contributed by atoms with E-state index < -0.39 is 17.3 Å². The van der Waals surface area contributed by atoms with Crippen LogP contribution in [0.4, 0.5) is 16.2 Å². The van der Waals surface area contributed by atoms with Crippen molar-refractivity contribution in [1.29, 1.82) is 0 Å². The fraction of sp³-hybridized carbons (Fsp3) is 0.261. The van der Waals surface area contributed by atoms with Crippen LogP contribution in [0.5, 0.6) is 11.5 Å². The van der Waals surface area contributed by atoms with Crippen molar-refractivity contribution in [2.45, 2.75) is 39.8 Å². The molecule has 178 valence electrons. The van der Waals surface area contributed by atoms with Crippen molar-refractivity contribution in [3.63, 3.8) is 0 Å². The Hall–Kier alpha value is -4.41. The molecule has 1 amide bonds. The molecule has 0 saturated heterocycles. The summed E-state index contributed by atoms with van der Waals surface area (Å²) in [4.78, 5) is 35.6. The minimum Gasteiger partial charge on any atom is -0.505 e. The van der Waals surface area contributed by atoms with Gasteiger partial charge < -0.3 is 20.3 Å². The van der Waals surface area contributed by atoms with Gasteiger partial charge in [0.2, 0.25) is 5.91 Å². The monoisotopic (exact) mass is 467 g/mol. The first-order valence-electron chi connectivity index (χ1n) is 10.3. The molecule has 34 heavy (non-hydrogen) atoms. The largest absolute Gasteiger partial charge is 0.511 e. The molecule has 3 rings (SSSR count). The molecule has 1 heterocycles. The Morgan fingerprint density at radius 2 is 1.85 bits per heavy atom. The van der Waals surface area contributed by atoms with Crippen LogP contribution in [0.1, 0.15) is 26.5 Å². The number of benzene rings is 2. The summed E-state index contributed by atoms with van der Waals surface area (Å²) in [6, 6.07) is 11.0. The van der Waals surface area contributed by atoms with Crippen LogP contribution < -0.4 is 15.6 Å². The van der Waals surface area contributed by atoms with Crippen molar-refractivity contribution in [3.05, 3.63) is 58.5 Å². The van der Waals surface area contributed by atoms with E-state index >= 15 is 0 Å². The van der Waals surface area contributed by atoms with E-state index in [-0.39, 0.29) is 35.3 Å². The molecule has 0 saturated carbocycles. The highest BCUT2D eigenvalue weighted by Gasteiger charge is 2.18. The van der Waals surface area contributed by atoms with Gasteiger partial charge in [0, 0.05) is 11.1 Å². The summed E-state index contributed by atoms with van der Waals surface area (Å²) in [5.74, 6) is -0.453.